The van der Waals surface area contributed by atoms with Crippen LogP contribution in [0.25, 0.3) is 10.7 Å². The van der Waals surface area contributed by atoms with E-state index in [1.54, 1.807) is 28.8 Å². The largest absolute Gasteiger partial charge is 0.368 e. The lowest BCUT2D eigenvalue weighted by Crippen LogP contribution is -2.20. The fourth-order valence-electron chi connectivity index (χ4n) is 2.13. The highest BCUT2D eigenvalue weighted by molar-refractivity contribution is 7.99. The number of primary amides is 1. The van der Waals surface area contributed by atoms with E-state index in [2.05, 4.69) is 10.2 Å². The summed E-state index contributed by atoms with van der Waals surface area (Å²) >= 11 is 8.54. The van der Waals surface area contributed by atoms with Gasteiger partial charge in [0.1, 0.15) is 6.54 Å². The number of nitrogens with zero attached hydrogens (tertiary/aromatic N) is 3. The van der Waals surface area contributed by atoms with Gasteiger partial charge in [-0.1, -0.05) is 29.4 Å². The molecule has 0 spiro atoms. The number of aromatic nitrogens is 3. The van der Waals surface area contributed by atoms with Gasteiger partial charge in [0.2, 0.25) is 5.91 Å². The van der Waals surface area contributed by atoms with Crippen LogP contribution in [0, 0.1) is 0 Å². The van der Waals surface area contributed by atoms with E-state index in [0.717, 1.165) is 4.88 Å². The summed E-state index contributed by atoms with van der Waals surface area (Å²) < 4.78 is 1.63. The molecule has 2 N–H and O–H groups in total. The first-order chi connectivity index (χ1) is 12.0. The lowest BCUT2D eigenvalue weighted by atomic mass is 10.1. The van der Waals surface area contributed by atoms with Crippen molar-refractivity contribution in [3.63, 3.8) is 0 Å². The summed E-state index contributed by atoms with van der Waals surface area (Å²) in [6, 6.07) is 10.5. The van der Waals surface area contributed by atoms with Crippen LogP contribution in [0.2, 0.25) is 5.02 Å². The molecule has 0 aliphatic carbocycles. The minimum absolute atomic E-state index is 0.0439. The molecule has 1 amide bonds. The Morgan fingerprint density at radius 3 is 2.60 bits per heavy atom. The predicted octanol–water partition coefficient (Wildman–Crippen LogP) is 3.12. The Labute approximate surface area is 157 Å². The van der Waals surface area contributed by atoms with Crippen molar-refractivity contribution in [2.45, 2.75) is 11.7 Å². The van der Waals surface area contributed by atoms with Crippen LogP contribution < -0.4 is 5.73 Å². The van der Waals surface area contributed by atoms with Gasteiger partial charge in [0.05, 0.1) is 10.6 Å². The Balaban J connectivity index is 1.79. The maximum atomic E-state index is 12.3. The molecule has 0 saturated heterocycles. The molecular formula is C16H13ClN4O2S2. The zero-order valence-corrected chi connectivity index (χ0v) is 15.3. The van der Waals surface area contributed by atoms with Gasteiger partial charge in [-0.05, 0) is 35.7 Å². The molecule has 0 radical (unpaired) electrons. The number of Topliss-reactive ketones (excluding diaryl/α,β-unsaturated/α-hetero) is 1. The second-order valence-electron chi connectivity index (χ2n) is 5.05. The van der Waals surface area contributed by atoms with Crippen LogP contribution in [0.5, 0.6) is 0 Å². The van der Waals surface area contributed by atoms with E-state index in [4.69, 9.17) is 17.3 Å². The number of halogens is 1. The molecule has 2 heterocycles. The van der Waals surface area contributed by atoms with Gasteiger partial charge in [-0.2, -0.15) is 0 Å². The fraction of sp³-hybridized carbons (Fsp3) is 0.125. The monoisotopic (exact) mass is 392 g/mol. The van der Waals surface area contributed by atoms with E-state index in [-0.39, 0.29) is 18.1 Å². The number of carbonyl (C=O) groups is 2. The van der Waals surface area contributed by atoms with E-state index in [0.29, 0.717) is 21.6 Å². The fourth-order valence-corrected chi connectivity index (χ4v) is 3.81. The summed E-state index contributed by atoms with van der Waals surface area (Å²) in [4.78, 5) is 24.6. The van der Waals surface area contributed by atoms with Gasteiger partial charge in [0.15, 0.2) is 16.8 Å². The number of amides is 1. The second-order valence-corrected chi connectivity index (χ2v) is 7.38. The van der Waals surface area contributed by atoms with E-state index < -0.39 is 5.91 Å². The molecule has 0 unspecified atom stereocenters. The van der Waals surface area contributed by atoms with Gasteiger partial charge < -0.3 is 5.73 Å². The normalized spacial score (nSPS) is 10.8. The maximum absolute atomic E-state index is 12.3. The Morgan fingerprint density at radius 1 is 1.20 bits per heavy atom. The van der Waals surface area contributed by atoms with Gasteiger partial charge in [-0.25, -0.2) is 0 Å². The zero-order valence-electron chi connectivity index (χ0n) is 12.9. The molecule has 128 valence electrons. The van der Waals surface area contributed by atoms with Crippen molar-refractivity contribution in [2.75, 3.05) is 5.75 Å². The lowest BCUT2D eigenvalue weighted by Gasteiger charge is -2.07. The molecule has 0 aliphatic heterocycles. The molecule has 1 aromatic carbocycles. The first-order valence-electron chi connectivity index (χ1n) is 7.21. The van der Waals surface area contributed by atoms with Crippen LogP contribution in [-0.2, 0) is 11.3 Å². The second kappa shape index (κ2) is 7.81. The van der Waals surface area contributed by atoms with Crippen molar-refractivity contribution in [2.24, 2.45) is 5.73 Å². The number of carbonyl (C=O) groups excluding carboxylic acids is 2. The van der Waals surface area contributed by atoms with E-state index in [9.17, 15) is 9.59 Å². The molecule has 0 atom stereocenters. The van der Waals surface area contributed by atoms with Crippen molar-refractivity contribution < 1.29 is 9.59 Å². The number of hydrogen-bond acceptors (Lipinski definition) is 6. The van der Waals surface area contributed by atoms with Crippen LogP contribution in [0.4, 0.5) is 0 Å². The molecular weight excluding hydrogens is 380 g/mol. The van der Waals surface area contributed by atoms with Crippen molar-refractivity contribution in [1.82, 2.24) is 14.8 Å². The molecule has 6 nitrogen and oxygen atoms in total. The van der Waals surface area contributed by atoms with Gasteiger partial charge in [-0.15, -0.1) is 21.5 Å². The van der Waals surface area contributed by atoms with Crippen LogP contribution in [0.3, 0.4) is 0 Å². The van der Waals surface area contributed by atoms with Crippen molar-refractivity contribution in [3.8, 4) is 10.7 Å². The minimum atomic E-state index is -0.497. The molecule has 0 bridgehead atoms. The van der Waals surface area contributed by atoms with E-state index in [1.165, 1.54) is 23.1 Å². The molecule has 0 fully saturated rings. The third kappa shape index (κ3) is 4.28. The summed E-state index contributed by atoms with van der Waals surface area (Å²) in [7, 11) is 0. The number of benzene rings is 1. The number of hydrogen-bond donors (Lipinski definition) is 1. The number of rotatable bonds is 7. The quantitative estimate of drug-likeness (QED) is 0.492. The Kier molecular flexibility index (Phi) is 5.52. The standard InChI is InChI=1S/C16H13ClN4O2S2/c17-11-5-3-10(4-6-11)12(22)9-25-16-20-19-15(13-2-1-7-24-13)21(16)8-14(18)23/h1-7H,8-9H2,(H2,18,23). The molecule has 25 heavy (non-hydrogen) atoms. The molecule has 0 aliphatic rings. The SMILES string of the molecule is NC(=O)Cn1c(SCC(=O)c2ccc(Cl)cc2)nnc1-c1cccs1. The summed E-state index contributed by atoms with van der Waals surface area (Å²) in [5.74, 6) is 0.176. The highest BCUT2D eigenvalue weighted by Gasteiger charge is 2.18. The Hall–Kier alpha value is -2.16. The van der Waals surface area contributed by atoms with Crippen molar-refractivity contribution >= 4 is 46.4 Å². The molecule has 0 saturated carbocycles. The average Bonchev–Trinajstić information content (AvgIpc) is 3.22. The number of thiophene rings is 1. The van der Waals surface area contributed by atoms with Gasteiger partial charge in [0, 0.05) is 10.6 Å². The minimum Gasteiger partial charge on any atom is -0.368 e. The van der Waals surface area contributed by atoms with E-state index >= 15 is 0 Å². The van der Waals surface area contributed by atoms with Crippen LogP contribution in [0.15, 0.2) is 46.9 Å². The first-order valence-corrected chi connectivity index (χ1v) is 9.46. The number of thioether (sulfide) groups is 1. The molecule has 9 heteroatoms. The third-order valence-corrected chi connectivity index (χ3v) is 5.36. The van der Waals surface area contributed by atoms with Crippen LogP contribution in [-0.4, -0.2) is 32.2 Å². The topological polar surface area (TPSA) is 90.9 Å². The summed E-state index contributed by atoms with van der Waals surface area (Å²) in [6.07, 6.45) is 0. The molecule has 3 rings (SSSR count). The third-order valence-electron chi connectivity index (χ3n) is 3.27. The van der Waals surface area contributed by atoms with Crippen LogP contribution in [0.1, 0.15) is 10.4 Å². The summed E-state index contributed by atoms with van der Waals surface area (Å²) in [5, 5.41) is 11.2. The Morgan fingerprint density at radius 2 is 1.96 bits per heavy atom. The van der Waals surface area contributed by atoms with E-state index in [1.807, 2.05) is 17.5 Å². The van der Waals surface area contributed by atoms with Crippen molar-refractivity contribution in [3.05, 3.63) is 52.4 Å². The average molecular weight is 393 g/mol. The highest BCUT2D eigenvalue weighted by Crippen LogP contribution is 2.27. The van der Waals surface area contributed by atoms with Gasteiger partial charge in [0.25, 0.3) is 0 Å². The maximum Gasteiger partial charge on any atom is 0.237 e. The first kappa shape index (κ1) is 17.7. The van der Waals surface area contributed by atoms with Crippen LogP contribution >= 0.6 is 34.7 Å². The Bertz CT molecular complexity index is 892. The summed E-state index contributed by atoms with van der Waals surface area (Å²) in [6.45, 7) is -0.0439. The lowest BCUT2D eigenvalue weighted by molar-refractivity contribution is -0.118. The highest BCUT2D eigenvalue weighted by atomic mass is 35.5. The van der Waals surface area contributed by atoms with Gasteiger partial charge >= 0.3 is 0 Å². The number of ketones is 1. The van der Waals surface area contributed by atoms with Crippen molar-refractivity contribution in [1.29, 1.82) is 0 Å². The molecule has 3 aromatic rings. The summed E-state index contributed by atoms with van der Waals surface area (Å²) in [5.41, 5.74) is 5.90. The van der Waals surface area contributed by atoms with Gasteiger partial charge in [-0.3, -0.25) is 14.2 Å². The predicted molar refractivity (Wildman–Crippen MR) is 99.0 cm³/mol. The smallest absolute Gasteiger partial charge is 0.237 e. The zero-order chi connectivity index (χ0) is 17.8. The number of nitrogens with two attached hydrogens (primary N) is 1. The molecule has 2 aromatic heterocycles.